The first-order valence-corrected chi connectivity index (χ1v) is 7.69. The number of ether oxygens (including phenoxy) is 1. The Labute approximate surface area is 134 Å². The maximum atomic E-state index is 13.6. The summed E-state index contributed by atoms with van der Waals surface area (Å²) >= 11 is 0. The lowest BCUT2D eigenvalue weighted by Gasteiger charge is -2.26. The van der Waals surface area contributed by atoms with Gasteiger partial charge >= 0.3 is 0 Å². The van der Waals surface area contributed by atoms with Crippen LogP contribution in [0.1, 0.15) is 0 Å². The predicted octanol–water partition coefficient (Wildman–Crippen LogP) is 2.10. The Morgan fingerprint density at radius 3 is 2.74 bits per heavy atom. The standard InChI is InChI=1S/C16H20FN5O/c17-13-3-1-2-4-14(13)21-16-11-15(19-12-20-16)18-5-6-22-7-9-23-10-8-22/h1-4,11-12H,5-10H2,(H2,18,19,20,21). The number of hydrogen-bond donors (Lipinski definition) is 2. The molecule has 0 atom stereocenters. The first-order chi connectivity index (χ1) is 11.3. The lowest BCUT2D eigenvalue weighted by Crippen LogP contribution is -2.39. The maximum absolute atomic E-state index is 13.6. The van der Waals surface area contributed by atoms with Gasteiger partial charge in [0.15, 0.2) is 0 Å². The van der Waals surface area contributed by atoms with Crippen molar-refractivity contribution in [3.8, 4) is 0 Å². The molecule has 122 valence electrons. The summed E-state index contributed by atoms with van der Waals surface area (Å²) in [7, 11) is 0. The molecule has 7 heteroatoms. The second-order valence-corrected chi connectivity index (χ2v) is 5.27. The van der Waals surface area contributed by atoms with Gasteiger partial charge in [-0.15, -0.1) is 0 Å². The zero-order valence-corrected chi connectivity index (χ0v) is 12.8. The van der Waals surface area contributed by atoms with Gasteiger partial charge in [0.1, 0.15) is 23.8 Å². The van der Waals surface area contributed by atoms with E-state index in [0.29, 0.717) is 17.3 Å². The second kappa shape index (κ2) is 7.85. The second-order valence-electron chi connectivity index (χ2n) is 5.27. The zero-order chi connectivity index (χ0) is 15.9. The molecule has 1 aliphatic rings. The van der Waals surface area contributed by atoms with Gasteiger partial charge in [-0.3, -0.25) is 4.90 Å². The van der Waals surface area contributed by atoms with Gasteiger partial charge in [0.05, 0.1) is 18.9 Å². The quantitative estimate of drug-likeness (QED) is 0.851. The fraction of sp³-hybridized carbons (Fsp3) is 0.375. The molecule has 0 amide bonds. The van der Waals surface area contributed by atoms with Crippen LogP contribution < -0.4 is 10.6 Å². The van der Waals surface area contributed by atoms with Gasteiger partial charge in [-0.1, -0.05) is 12.1 Å². The number of para-hydroxylation sites is 1. The van der Waals surface area contributed by atoms with Crippen LogP contribution in [0.15, 0.2) is 36.7 Å². The van der Waals surface area contributed by atoms with Gasteiger partial charge < -0.3 is 15.4 Å². The van der Waals surface area contributed by atoms with Crippen molar-refractivity contribution in [2.75, 3.05) is 50.0 Å². The minimum absolute atomic E-state index is 0.312. The number of halogens is 1. The van der Waals surface area contributed by atoms with Crippen molar-refractivity contribution in [1.82, 2.24) is 14.9 Å². The molecule has 0 spiro atoms. The van der Waals surface area contributed by atoms with E-state index < -0.39 is 0 Å². The van der Waals surface area contributed by atoms with E-state index in [1.807, 2.05) is 0 Å². The number of morpholine rings is 1. The highest BCUT2D eigenvalue weighted by molar-refractivity contribution is 5.59. The molecule has 2 heterocycles. The van der Waals surface area contributed by atoms with Crippen LogP contribution in [0, 0.1) is 5.82 Å². The number of hydrogen-bond acceptors (Lipinski definition) is 6. The summed E-state index contributed by atoms with van der Waals surface area (Å²) in [5, 5.41) is 6.22. The Bertz CT molecular complexity index is 633. The van der Waals surface area contributed by atoms with Crippen LogP contribution in [0.2, 0.25) is 0 Å². The highest BCUT2D eigenvalue weighted by atomic mass is 19.1. The number of benzene rings is 1. The Morgan fingerprint density at radius 2 is 1.91 bits per heavy atom. The fourth-order valence-corrected chi connectivity index (χ4v) is 2.39. The predicted molar refractivity (Wildman–Crippen MR) is 87.5 cm³/mol. The summed E-state index contributed by atoms with van der Waals surface area (Å²) in [4.78, 5) is 10.6. The molecule has 2 N–H and O–H groups in total. The summed E-state index contributed by atoms with van der Waals surface area (Å²) in [6.45, 7) is 5.24. The third kappa shape index (κ3) is 4.61. The summed E-state index contributed by atoms with van der Waals surface area (Å²) in [6.07, 6.45) is 1.46. The third-order valence-corrected chi connectivity index (χ3v) is 3.64. The lowest BCUT2D eigenvalue weighted by atomic mass is 10.3. The SMILES string of the molecule is Fc1ccccc1Nc1cc(NCCN2CCOCC2)ncn1. The Balaban J connectivity index is 1.53. The molecule has 1 fully saturated rings. The number of nitrogens with zero attached hydrogens (tertiary/aromatic N) is 3. The van der Waals surface area contributed by atoms with Gasteiger partial charge in [-0.2, -0.15) is 0 Å². The molecule has 3 rings (SSSR count). The Hall–Kier alpha value is -2.25. The van der Waals surface area contributed by atoms with E-state index in [9.17, 15) is 4.39 Å². The molecule has 2 aromatic rings. The topological polar surface area (TPSA) is 62.3 Å². The minimum atomic E-state index is -0.312. The molecule has 1 aromatic heterocycles. The number of rotatable bonds is 6. The molecular formula is C16H20FN5O. The summed E-state index contributed by atoms with van der Waals surface area (Å²) in [6, 6.07) is 8.27. The third-order valence-electron chi connectivity index (χ3n) is 3.64. The molecule has 23 heavy (non-hydrogen) atoms. The van der Waals surface area contributed by atoms with E-state index in [2.05, 4.69) is 25.5 Å². The monoisotopic (exact) mass is 317 g/mol. The highest BCUT2D eigenvalue weighted by Gasteiger charge is 2.09. The average Bonchev–Trinajstić information content (AvgIpc) is 2.58. The summed E-state index contributed by atoms with van der Waals surface area (Å²) in [5.74, 6) is 0.957. The molecule has 1 aliphatic heterocycles. The summed E-state index contributed by atoms with van der Waals surface area (Å²) < 4.78 is 19.0. The molecule has 0 radical (unpaired) electrons. The van der Waals surface area contributed by atoms with E-state index in [1.54, 1.807) is 24.3 Å². The fourth-order valence-electron chi connectivity index (χ4n) is 2.39. The van der Waals surface area contributed by atoms with E-state index in [0.717, 1.165) is 39.4 Å². The molecule has 1 saturated heterocycles. The van der Waals surface area contributed by atoms with Crippen LogP contribution in [0.5, 0.6) is 0 Å². The summed E-state index contributed by atoms with van der Waals surface area (Å²) in [5.41, 5.74) is 0.394. The minimum Gasteiger partial charge on any atom is -0.379 e. The lowest BCUT2D eigenvalue weighted by molar-refractivity contribution is 0.0398. The van der Waals surface area contributed by atoms with Crippen molar-refractivity contribution in [2.45, 2.75) is 0 Å². The van der Waals surface area contributed by atoms with Crippen molar-refractivity contribution in [3.05, 3.63) is 42.5 Å². The normalized spacial score (nSPS) is 15.3. The van der Waals surface area contributed by atoms with Gasteiger partial charge in [0, 0.05) is 32.2 Å². The zero-order valence-electron chi connectivity index (χ0n) is 12.8. The van der Waals surface area contributed by atoms with Gasteiger partial charge in [-0.25, -0.2) is 14.4 Å². The van der Waals surface area contributed by atoms with Crippen molar-refractivity contribution in [1.29, 1.82) is 0 Å². The largest absolute Gasteiger partial charge is 0.379 e. The smallest absolute Gasteiger partial charge is 0.146 e. The first kappa shape index (κ1) is 15.6. The van der Waals surface area contributed by atoms with Crippen LogP contribution in [0.3, 0.4) is 0 Å². The van der Waals surface area contributed by atoms with Crippen LogP contribution in [0.4, 0.5) is 21.7 Å². The van der Waals surface area contributed by atoms with E-state index in [-0.39, 0.29) is 5.82 Å². The van der Waals surface area contributed by atoms with E-state index in [1.165, 1.54) is 12.4 Å². The molecule has 1 aromatic carbocycles. The van der Waals surface area contributed by atoms with Crippen LogP contribution >= 0.6 is 0 Å². The van der Waals surface area contributed by atoms with E-state index >= 15 is 0 Å². The number of nitrogens with one attached hydrogen (secondary N) is 2. The van der Waals surface area contributed by atoms with Crippen LogP contribution in [0.25, 0.3) is 0 Å². The van der Waals surface area contributed by atoms with Crippen LogP contribution in [-0.2, 0) is 4.74 Å². The van der Waals surface area contributed by atoms with Crippen molar-refractivity contribution >= 4 is 17.3 Å². The maximum Gasteiger partial charge on any atom is 0.146 e. The number of anilines is 3. The average molecular weight is 317 g/mol. The van der Waals surface area contributed by atoms with E-state index in [4.69, 9.17) is 4.74 Å². The van der Waals surface area contributed by atoms with Crippen molar-refractivity contribution in [2.24, 2.45) is 0 Å². The number of aromatic nitrogens is 2. The van der Waals surface area contributed by atoms with Crippen LogP contribution in [-0.4, -0.2) is 54.3 Å². The van der Waals surface area contributed by atoms with Crippen molar-refractivity contribution < 1.29 is 9.13 Å². The van der Waals surface area contributed by atoms with Gasteiger partial charge in [-0.05, 0) is 12.1 Å². The molecule has 0 aliphatic carbocycles. The van der Waals surface area contributed by atoms with Gasteiger partial charge in [0.2, 0.25) is 0 Å². The molecule has 0 unspecified atom stereocenters. The molecule has 0 saturated carbocycles. The molecule has 0 bridgehead atoms. The molecular weight excluding hydrogens is 297 g/mol. The Morgan fingerprint density at radius 1 is 1.13 bits per heavy atom. The Kier molecular flexibility index (Phi) is 5.33. The first-order valence-electron chi connectivity index (χ1n) is 7.69. The van der Waals surface area contributed by atoms with Crippen molar-refractivity contribution in [3.63, 3.8) is 0 Å². The molecule has 6 nitrogen and oxygen atoms in total. The van der Waals surface area contributed by atoms with Gasteiger partial charge in [0.25, 0.3) is 0 Å². The highest BCUT2D eigenvalue weighted by Crippen LogP contribution is 2.18.